The molecule has 0 spiro atoms. The fraction of sp³-hybridized carbons (Fsp3) is 0.500. The highest BCUT2D eigenvalue weighted by Gasteiger charge is 2.26. The average molecular weight is 411 g/mol. The summed E-state index contributed by atoms with van der Waals surface area (Å²) in [5.74, 6) is 1.36. The number of amides is 1. The first-order chi connectivity index (χ1) is 14.3. The zero-order valence-corrected chi connectivity index (χ0v) is 18.5. The predicted molar refractivity (Wildman–Crippen MR) is 113 cm³/mol. The molecule has 160 valence electrons. The number of aromatic nitrogens is 5. The second-order valence-electron chi connectivity index (χ2n) is 8.38. The van der Waals surface area contributed by atoms with Gasteiger partial charge in [0.2, 0.25) is 17.6 Å². The third-order valence-corrected chi connectivity index (χ3v) is 5.04. The quantitative estimate of drug-likeness (QED) is 0.608. The highest BCUT2D eigenvalue weighted by molar-refractivity contribution is 5.79. The van der Waals surface area contributed by atoms with Gasteiger partial charge in [0.1, 0.15) is 6.04 Å². The van der Waals surface area contributed by atoms with E-state index in [1.54, 1.807) is 12.4 Å². The molecule has 0 aliphatic carbocycles. The van der Waals surface area contributed by atoms with E-state index in [2.05, 4.69) is 39.4 Å². The lowest BCUT2D eigenvalue weighted by molar-refractivity contribution is -0.121. The van der Waals surface area contributed by atoms with Crippen LogP contribution in [0.1, 0.15) is 56.6 Å². The number of hydrogen-bond donors (Lipinski definition) is 1. The maximum atomic E-state index is 12.9. The summed E-state index contributed by atoms with van der Waals surface area (Å²) in [6.45, 7) is 13.1. The third-order valence-electron chi connectivity index (χ3n) is 5.04. The smallest absolute Gasteiger partial charge is 0.249 e. The predicted octanol–water partition coefficient (Wildman–Crippen LogP) is 3.66. The van der Waals surface area contributed by atoms with E-state index in [4.69, 9.17) is 4.52 Å². The molecule has 1 amide bonds. The van der Waals surface area contributed by atoms with Crippen LogP contribution < -0.4 is 5.32 Å². The zero-order valence-electron chi connectivity index (χ0n) is 18.5. The normalized spacial score (nSPS) is 12.5. The maximum absolute atomic E-state index is 12.9. The Morgan fingerprint density at radius 3 is 2.50 bits per heavy atom. The number of carbonyl (C=O) groups is 1. The highest BCUT2D eigenvalue weighted by Crippen LogP contribution is 2.24. The van der Waals surface area contributed by atoms with Crippen LogP contribution in [0, 0.1) is 25.7 Å². The first kappa shape index (κ1) is 21.7. The van der Waals surface area contributed by atoms with Gasteiger partial charge in [-0.25, -0.2) is 0 Å². The second kappa shape index (κ2) is 9.19. The number of carbonyl (C=O) groups excluding carboxylic acids is 1. The van der Waals surface area contributed by atoms with Crippen molar-refractivity contribution < 1.29 is 9.32 Å². The van der Waals surface area contributed by atoms with E-state index in [9.17, 15) is 4.79 Å². The van der Waals surface area contributed by atoms with Gasteiger partial charge in [-0.1, -0.05) is 32.9 Å². The Bertz CT molecular complexity index is 990. The summed E-state index contributed by atoms with van der Waals surface area (Å²) in [7, 11) is 0. The third kappa shape index (κ3) is 4.93. The monoisotopic (exact) mass is 410 g/mol. The Balaban J connectivity index is 1.74. The SMILES string of the molecule is Cc1nn(CC(C)C)c(C)c1CC(=O)NC(c1nc(-c2ccncc2)no1)C(C)C. The van der Waals surface area contributed by atoms with Crippen molar-refractivity contribution in [3.63, 3.8) is 0 Å². The molecule has 0 saturated carbocycles. The molecule has 1 unspecified atom stereocenters. The van der Waals surface area contributed by atoms with Crippen molar-refractivity contribution in [1.29, 1.82) is 0 Å². The number of rotatable bonds is 8. The van der Waals surface area contributed by atoms with Gasteiger partial charge in [0.15, 0.2) is 0 Å². The first-order valence-electron chi connectivity index (χ1n) is 10.3. The fourth-order valence-electron chi connectivity index (χ4n) is 3.39. The molecule has 0 bridgehead atoms. The van der Waals surface area contributed by atoms with Gasteiger partial charge in [-0.3, -0.25) is 14.5 Å². The van der Waals surface area contributed by atoms with E-state index in [1.165, 1.54) is 0 Å². The van der Waals surface area contributed by atoms with E-state index >= 15 is 0 Å². The molecule has 0 fully saturated rings. The topological polar surface area (TPSA) is 98.7 Å². The summed E-state index contributed by atoms with van der Waals surface area (Å²) >= 11 is 0. The van der Waals surface area contributed by atoms with E-state index in [1.807, 2.05) is 44.5 Å². The average Bonchev–Trinajstić information content (AvgIpc) is 3.27. The molecule has 30 heavy (non-hydrogen) atoms. The van der Waals surface area contributed by atoms with Crippen LogP contribution in [0.25, 0.3) is 11.4 Å². The lowest BCUT2D eigenvalue weighted by atomic mass is 10.0. The summed E-state index contributed by atoms with van der Waals surface area (Å²) in [6, 6.07) is 3.27. The Kier molecular flexibility index (Phi) is 6.64. The van der Waals surface area contributed by atoms with Gasteiger partial charge in [0, 0.05) is 35.8 Å². The molecular formula is C22H30N6O2. The van der Waals surface area contributed by atoms with E-state index < -0.39 is 0 Å². The molecule has 0 aromatic carbocycles. The molecule has 0 aliphatic heterocycles. The molecule has 0 aliphatic rings. The first-order valence-corrected chi connectivity index (χ1v) is 10.3. The van der Waals surface area contributed by atoms with Crippen LogP contribution >= 0.6 is 0 Å². The van der Waals surface area contributed by atoms with Crippen LogP contribution in [0.15, 0.2) is 29.0 Å². The molecule has 3 heterocycles. The molecule has 3 aromatic rings. The summed E-state index contributed by atoms with van der Waals surface area (Å²) in [4.78, 5) is 21.4. The van der Waals surface area contributed by atoms with Crippen molar-refractivity contribution in [1.82, 2.24) is 30.2 Å². The van der Waals surface area contributed by atoms with E-state index in [-0.39, 0.29) is 24.3 Å². The Hall–Kier alpha value is -3.03. The van der Waals surface area contributed by atoms with Gasteiger partial charge in [0.05, 0.1) is 12.1 Å². The molecule has 1 atom stereocenters. The van der Waals surface area contributed by atoms with Crippen molar-refractivity contribution in [2.24, 2.45) is 11.8 Å². The minimum absolute atomic E-state index is 0.0885. The summed E-state index contributed by atoms with van der Waals surface area (Å²) < 4.78 is 7.46. The van der Waals surface area contributed by atoms with Gasteiger partial charge in [-0.15, -0.1) is 0 Å². The Labute approximate surface area is 177 Å². The molecular weight excluding hydrogens is 380 g/mol. The molecule has 3 aromatic heterocycles. The largest absolute Gasteiger partial charge is 0.344 e. The minimum Gasteiger partial charge on any atom is -0.344 e. The fourth-order valence-corrected chi connectivity index (χ4v) is 3.39. The van der Waals surface area contributed by atoms with E-state index in [0.29, 0.717) is 17.6 Å². The highest BCUT2D eigenvalue weighted by atomic mass is 16.5. The number of pyridine rings is 1. The van der Waals surface area contributed by atoms with Gasteiger partial charge >= 0.3 is 0 Å². The lowest BCUT2D eigenvalue weighted by Crippen LogP contribution is -2.33. The lowest BCUT2D eigenvalue weighted by Gasteiger charge is -2.18. The van der Waals surface area contributed by atoms with Crippen molar-refractivity contribution in [3.05, 3.63) is 47.4 Å². The van der Waals surface area contributed by atoms with Crippen LogP contribution in [0.4, 0.5) is 0 Å². The van der Waals surface area contributed by atoms with Gasteiger partial charge < -0.3 is 9.84 Å². The second-order valence-corrected chi connectivity index (χ2v) is 8.38. The summed E-state index contributed by atoms with van der Waals surface area (Å²) in [6.07, 6.45) is 3.62. The maximum Gasteiger partial charge on any atom is 0.249 e. The van der Waals surface area contributed by atoms with Crippen molar-refractivity contribution in [2.45, 2.75) is 60.5 Å². The van der Waals surface area contributed by atoms with Gasteiger partial charge in [-0.2, -0.15) is 10.1 Å². The standard InChI is InChI=1S/C22H30N6O2/c1-13(2)12-28-16(6)18(15(5)26-28)11-19(29)24-20(14(3)4)22-25-21(27-30-22)17-7-9-23-10-8-17/h7-10,13-14,20H,11-12H2,1-6H3,(H,24,29). The van der Waals surface area contributed by atoms with Crippen molar-refractivity contribution in [3.8, 4) is 11.4 Å². The van der Waals surface area contributed by atoms with Crippen LogP contribution in [0.2, 0.25) is 0 Å². The molecule has 0 saturated heterocycles. The number of aryl methyl sites for hydroxylation is 1. The number of hydrogen-bond acceptors (Lipinski definition) is 6. The number of nitrogens with zero attached hydrogens (tertiary/aromatic N) is 5. The van der Waals surface area contributed by atoms with Gasteiger partial charge in [0.25, 0.3) is 0 Å². The molecule has 1 N–H and O–H groups in total. The van der Waals surface area contributed by atoms with Crippen LogP contribution in [0.3, 0.4) is 0 Å². The zero-order chi connectivity index (χ0) is 21.8. The van der Waals surface area contributed by atoms with Crippen molar-refractivity contribution in [2.75, 3.05) is 0 Å². The Morgan fingerprint density at radius 2 is 1.87 bits per heavy atom. The molecule has 3 rings (SSSR count). The van der Waals surface area contributed by atoms with E-state index in [0.717, 1.165) is 29.1 Å². The van der Waals surface area contributed by atoms with Crippen LogP contribution in [-0.2, 0) is 17.8 Å². The Morgan fingerprint density at radius 1 is 1.17 bits per heavy atom. The molecule has 8 heteroatoms. The minimum atomic E-state index is -0.369. The summed E-state index contributed by atoms with van der Waals surface area (Å²) in [5.41, 5.74) is 3.72. The molecule has 0 radical (unpaired) electrons. The molecule has 8 nitrogen and oxygen atoms in total. The number of nitrogens with one attached hydrogen (secondary N) is 1. The van der Waals surface area contributed by atoms with Gasteiger partial charge in [-0.05, 0) is 37.8 Å². The van der Waals surface area contributed by atoms with Crippen LogP contribution in [0.5, 0.6) is 0 Å². The van der Waals surface area contributed by atoms with Crippen LogP contribution in [-0.4, -0.2) is 30.8 Å². The van der Waals surface area contributed by atoms with Crippen molar-refractivity contribution >= 4 is 5.91 Å². The summed E-state index contributed by atoms with van der Waals surface area (Å²) in [5, 5.41) is 11.7.